The Morgan fingerprint density at radius 1 is 1.18 bits per heavy atom. The summed E-state index contributed by atoms with van der Waals surface area (Å²) in [5, 5.41) is 6.41. The molecule has 0 radical (unpaired) electrons. The van der Waals surface area contributed by atoms with E-state index in [1.54, 1.807) is 0 Å². The molecule has 2 aliphatic heterocycles. The Morgan fingerprint density at radius 3 is 2.71 bits per heavy atom. The molecule has 2 N–H and O–H groups in total. The van der Waals surface area contributed by atoms with Crippen molar-refractivity contribution in [3.05, 3.63) is 71.8 Å². The Balaban J connectivity index is 1.33. The molecule has 5 heteroatoms. The molecule has 2 aliphatic rings. The Hall–Kier alpha value is -3.08. The van der Waals surface area contributed by atoms with Gasteiger partial charge in [-0.3, -0.25) is 9.79 Å². The number of anilines is 1. The topological polar surface area (TPSA) is 56.7 Å². The fourth-order valence-corrected chi connectivity index (χ4v) is 4.00. The molecule has 0 spiro atoms. The maximum absolute atomic E-state index is 12.3. The average Bonchev–Trinajstić information content (AvgIpc) is 3.07. The van der Waals surface area contributed by atoms with Crippen LogP contribution in [0.15, 0.2) is 65.7 Å². The van der Waals surface area contributed by atoms with Crippen LogP contribution in [0.2, 0.25) is 0 Å². The minimum atomic E-state index is -0.0901. The SMILES string of the molecule is CN=C(NCCC1C(=O)Nc2ccccc21)N1CC=C(c2ccccc2)CC1. The number of aliphatic imine (C=N–C) groups is 1. The Bertz CT molecular complexity index is 904. The molecule has 1 amide bonds. The summed E-state index contributed by atoms with van der Waals surface area (Å²) in [4.78, 5) is 19.0. The maximum Gasteiger partial charge on any atom is 0.232 e. The molecule has 2 aromatic rings. The van der Waals surface area contributed by atoms with E-state index in [0.717, 1.165) is 43.1 Å². The lowest BCUT2D eigenvalue weighted by Gasteiger charge is -2.30. The standard InChI is InChI=1S/C23H26N4O/c1-24-23(27-15-12-18(13-16-27)17-7-3-2-4-8-17)25-14-11-20-19-9-5-6-10-21(19)26-22(20)28/h2-10,12,20H,11,13-16H2,1H3,(H,24,25)(H,26,28). The van der Waals surface area contributed by atoms with Gasteiger partial charge < -0.3 is 15.5 Å². The summed E-state index contributed by atoms with van der Waals surface area (Å²) in [6.45, 7) is 2.49. The van der Waals surface area contributed by atoms with Crippen molar-refractivity contribution in [2.75, 3.05) is 32.0 Å². The molecule has 0 aromatic heterocycles. The molecule has 144 valence electrons. The molecule has 0 saturated heterocycles. The molecule has 2 aromatic carbocycles. The number of nitrogens with one attached hydrogen (secondary N) is 2. The smallest absolute Gasteiger partial charge is 0.232 e. The van der Waals surface area contributed by atoms with E-state index in [1.807, 2.05) is 37.4 Å². The van der Waals surface area contributed by atoms with Gasteiger partial charge in [0.1, 0.15) is 0 Å². The second kappa shape index (κ2) is 8.30. The number of carbonyl (C=O) groups is 1. The second-order valence-electron chi connectivity index (χ2n) is 7.18. The highest BCUT2D eigenvalue weighted by Crippen LogP contribution is 2.33. The zero-order chi connectivity index (χ0) is 19.3. The van der Waals surface area contributed by atoms with Crippen molar-refractivity contribution in [3.8, 4) is 0 Å². The number of guanidine groups is 1. The third-order valence-corrected chi connectivity index (χ3v) is 5.49. The van der Waals surface area contributed by atoms with E-state index in [0.29, 0.717) is 6.54 Å². The van der Waals surface area contributed by atoms with Crippen LogP contribution in [0.5, 0.6) is 0 Å². The fraction of sp³-hybridized carbons (Fsp3) is 0.304. The number of carbonyl (C=O) groups excluding carboxylic acids is 1. The lowest BCUT2D eigenvalue weighted by atomic mass is 9.97. The van der Waals surface area contributed by atoms with Crippen LogP contribution in [0.1, 0.15) is 29.9 Å². The summed E-state index contributed by atoms with van der Waals surface area (Å²) in [6, 6.07) is 18.5. The van der Waals surface area contributed by atoms with Crippen LogP contribution in [0, 0.1) is 0 Å². The number of hydrogen-bond acceptors (Lipinski definition) is 2. The van der Waals surface area contributed by atoms with Crippen molar-refractivity contribution >= 4 is 23.1 Å². The Labute approximate surface area is 166 Å². The van der Waals surface area contributed by atoms with Crippen LogP contribution >= 0.6 is 0 Å². The molecule has 0 aliphatic carbocycles. The number of fused-ring (bicyclic) bond motifs is 1. The van der Waals surface area contributed by atoms with Crippen LogP contribution in [0.25, 0.3) is 5.57 Å². The average molecular weight is 374 g/mol. The van der Waals surface area contributed by atoms with Gasteiger partial charge >= 0.3 is 0 Å². The zero-order valence-corrected chi connectivity index (χ0v) is 16.2. The summed E-state index contributed by atoms with van der Waals surface area (Å²) in [5.41, 5.74) is 4.73. The van der Waals surface area contributed by atoms with E-state index in [1.165, 1.54) is 11.1 Å². The normalized spacial score (nSPS) is 19.1. The second-order valence-corrected chi connectivity index (χ2v) is 7.18. The maximum atomic E-state index is 12.3. The lowest BCUT2D eigenvalue weighted by Crippen LogP contribution is -2.44. The number of rotatable bonds is 4. The largest absolute Gasteiger partial charge is 0.356 e. The summed E-state index contributed by atoms with van der Waals surface area (Å²) >= 11 is 0. The first-order chi connectivity index (χ1) is 13.8. The third-order valence-electron chi connectivity index (χ3n) is 5.49. The van der Waals surface area contributed by atoms with Crippen LogP contribution in [0.3, 0.4) is 0 Å². The van der Waals surface area contributed by atoms with Crippen LogP contribution in [-0.2, 0) is 4.79 Å². The summed E-state index contributed by atoms with van der Waals surface area (Å²) in [6.07, 6.45) is 4.04. The minimum Gasteiger partial charge on any atom is -0.356 e. The van der Waals surface area contributed by atoms with Crippen LogP contribution < -0.4 is 10.6 Å². The minimum absolute atomic E-state index is 0.0893. The predicted molar refractivity (Wildman–Crippen MR) is 114 cm³/mol. The van der Waals surface area contributed by atoms with Gasteiger partial charge in [0, 0.05) is 32.4 Å². The molecule has 28 heavy (non-hydrogen) atoms. The van der Waals surface area contributed by atoms with Gasteiger partial charge in [-0.25, -0.2) is 0 Å². The number of nitrogens with zero attached hydrogens (tertiary/aromatic N) is 2. The molecular formula is C23H26N4O. The van der Waals surface area contributed by atoms with Gasteiger partial charge in [0.15, 0.2) is 5.96 Å². The number of amides is 1. The van der Waals surface area contributed by atoms with Gasteiger partial charge in [-0.2, -0.15) is 0 Å². The van der Waals surface area contributed by atoms with E-state index in [9.17, 15) is 4.79 Å². The van der Waals surface area contributed by atoms with Crippen molar-refractivity contribution in [2.45, 2.75) is 18.8 Å². The van der Waals surface area contributed by atoms with Crippen LogP contribution in [0.4, 0.5) is 5.69 Å². The van der Waals surface area contributed by atoms with E-state index in [2.05, 4.69) is 50.9 Å². The highest BCUT2D eigenvalue weighted by Gasteiger charge is 2.29. The van der Waals surface area contributed by atoms with Gasteiger partial charge in [0.25, 0.3) is 0 Å². The van der Waals surface area contributed by atoms with Crippen molar-refractivity contribution in [2.24, 2.45) is 4.99 Å². The van der Waals surface area contributed by atoms with E-state index >= 15 is 0 Å². The van der Waals surface area contributed by atoms with E-state index < -0.39 is 0 Å². The Kier molecular flexibility index (Phi) is 5.42. The molecule has 0 fully saturated rings. The van der Waals surface area contributed by atoms with Crippen molar-refractivity contribution in [1.82, 2.24) is 10.2 Å². The fourth-order valence-electron chi connectivity index (χ4n) is 4.00. The molecular weight excluding hydrogens is 348 g/mol. The highest BCUT2D eigenvalue weighted by molar-refractivity contribution is 6.02. The third kappa shape index (κ3) is 3.79. The number of benzene rings is 2. The Morgan fingerprint density at radius 2 is 1.96 bits per heavy atom. The number of hydrogen-bond donors (Lipinski definition) is 2. The monoisotopic (exact) mass is 374 g/mol. The van der Waals surface area contributed by atoms with Crippen molar-refractivity contribution in [1.29, 1.82) is 0 Å². The van der Waals surface area contributed by atoms with Crippen molar-refractivity contribution in [3.63, 3.8) is 0 Å². The quantitative estimate of drug-likeness (QED) is 0.636. The van der Waals surface area contributed by atoms with Gasteiger partial charge in [-0.15, -0.1) is 0 Å². The molecule has 1 unspecified atom stereocenters. The molecule has 4 rings (SSSR count). The van der Waals surface area contributed by atoms with E-state index in [-0.39, 0.29) is 11.8 Å². The van der Waals surface area contributed by atoms with E-state index in [4.69, 9.17) is 0 Å². The first-order valence-electron chi connectivity index (χ1n) is 9.86. The summed E-state index contributed by atoms with van der Waals surface area (Å²) in [7, 11) is 1.82. The van der Waals surface area contributed by atoms with Gasteiger partial charge in [0.05, 0.1) is 5.92 Å². The molecule has 1 atom stereocenters. The highest BCUT2D eigenvalue weighted by atomic mass is 16.2. The predicted octanol–water partition coefficient (Wildman–Crippen LogP) is 3.48. The molecule has 5 nitrogen and oxygen atoms in total. The van der Waals surface area contributed by atoms with Crippen molar-refractivity contribution < 1.29 is 4.79 Å². The first kappa shape index (κ1) is 18.3. The van der Waals surface area contributed by atoms with Crippen LogP contribution in [-0.4, -0.2) is 43.4 Å². The summed E-state index contributed by atoms with van der Waals surface area (Å²) in [5.74, 6) is 0.897. The van der Waals surface area contributed by atoms with Gasteiger partial charge in [-0.05, 0) is 35.6 Å². The van der Waals surface area contributed by atoms with Gasteiger partial charge in [-0.1, -0.05) is 54.6 Å². The molecule has 2 heterocycles. The summed E-state index contributed by atoms with van der Waals surface area (Å²) < 4.78 is 0. The first-order valence-corrected chi connectivity index (χ1v) is 9.86. The number of para-hydroxylation sites is 1. The lowest BCUT2D eigenvalue weighted by molar-refractivity contribution is -0.117. The van der Waals surface area contributed by atoms with Gasteiger partial charge in [0.2, 0.25) is 5.91 Å². The zero-order valence-electron chi connectivity index (χ0n) is 16.2. The molecule has 0 bridgehead atoms. The molecule has 0 saturated carbocycles.